The lowest BCUT2D eigenvalue weighted by Gasteiger charge is -2.08. The van der Waals surface area contributed by atoms with Gasteiger partial charge in [-0.15, -0.1) is 0 Å². The van der Waals surface area contributed by atoms with Gasteiger partial charge in [-0.1, -0.05) is 24.3 Å². The molecule has 0 bridgehead atoms. The van der Waals surface area contributed by atoms with Crippen LogP contribution in [-0.4, -0.2) is 12.5 Å². The number of benzene rings is 2. The zero-order chi connectivity index (χ0) is 15.8. The van der Waals surface area contributed by atoms with E-state index in [1.165, 1.54) is 12.1 Å². The number of hydrogen-bond acceptors (Lipinski definition) is 2. The fourth-order valence-electron chi connectivity index (χ4n) is 2.11. The highest BCUT2D eigenvalue weighted by molar-refractivity contribution is 5.76. The molecule has 0 radical (unpaired) electrons. The Morgan fingerprint density at radius 1 is 1.14 bits per heavy atom. The highest BCUT2D eigenvalue weighted by Gasteiger charge is 2.03. The van der Waals surface area contributed by atoms with Crippen molar-refractivity contribution in [2.75, 3.05) is 6.61 Å². The van der Waals surface area contributed by atoms with Crippen molar-refractivity contribution in [3.63, 3.8) is 0 Å². The van der Waals surface area contributed by atoms with Crippen molar-refractivity contribution < 1.29 is 13.9 Å². The van der Waals surface area contributed by atoms with Gasteiger partial charge in [0.15, 0.2) is 0 Å². The summed E-state index contributed by atoms with van der Waals surface area (Å²) in [5, 5.41) is 2.88. The molecule has 0 aliphatic carbocycles. The molecule has 3 nitrogen and oxygen atoms in total. The van der Waals surface area contributed by atoms with Gasteiger partial charge in [0.1, 0.15) is 11.6 Å². The zero-order valence-corrected chi connectivity index (χ0v) is 12.6. The molecule has 0 aromatic heterocycles. The van der Waals surface area contributed by atoms with Gasteiger partial charge in [-0.25, -0.2) is 4.39 Å². The van der Waals surface area contributed by atoms with Gasteiger partial charge in [-0.05, 0) is 48.7 Å². The largest absolute Gasteiger partial charge is 0.494 e. The molecule has 0 aliphatic rings. The third-order valence-corrected chi connectivity index (χ3v) is 3.25. The molecule has 0 spiro atoms. The summed E-state index contributed by atoms with van der Waals surface area (Å²) in [5.74, 6) is 0.522. The number of ether oxygens (including phenoxy) is 1. The molecule has 4 heteroatoms. The molecule has 0 saturated heterocycles. The van der Waals surface area contributed by atoms with E-state index in [0.717, 1.165) is 16.9 Å². The molecule has 0 aliphatic heterocycles. The highest BCUT2D eigenvalue weighted by Crippen LogP contribution is 2.13. The molecule has 22 heavy (non-hydrogen) atoms. The van der Waals surface area contributed by atoms with Gasteiger partial charge < -0.3 is 10.1 Å². The van der Waals surface area contributed by atoms with Crippen LogP contribution >= 0.6 is 0 Å². The van der Waals surface area contributed by atoms with Crippen LogP contribution in [0.2, 0.25) is 0 Å². The topological polar surface area (TPSA) is 38.3 Å². The van der Waals surface area contributed by atoms with E-state index in [2.05, 4.69) is 5.32 Å². The van der Waals surface area contributed by atoms with Gasteiger partial charge in [0, 0.05) is 13.0 Å². The number of halogens is 1. The predicted molar refractivity (Wildman–Crippen MR) is 84.2 cm³/mol. The second kappa shape index (κ2) is 8.17. The highest BCUT2D eigenvalue weighted by atomic mass is 19.1. The van der Waals surface area contributed by atoms with Crippen molar-refractivity contribution in [1.82, 2.24) is 5.32 Å². The Morgan fingerprint density at radius 2 is 1.91 bits per heavy atom. The lowest BCUT2D eigenvalue weighted by atomic mass is 10.1. The van der Waals surface area contributed by atoms with Crippen LogP contribution < -0.4 is 10.1 Å². The van der Waals surface area contributed by atoms with E-state index in [0.29, 0.717) is 26.0 Å². The quantitative estimate of drug-likeness (QED) is 0.850. The second-order valence-electron chi connectivity index (χ2n) is 4.98. The van der Waals surface area contributed by atoms with Crippen molar-refractivity contribution in [2.45, 2.75) is 26.3 Å². The minimum Gasteiger partial charge on any atom is -0.494 e. The van der Waals surface area contributed by atoms with E-state index in [1.54, 1.807) is 12.1 Å². The molecule has 2 aromatic carbocycles. The molecular formula is C18H20FNO2. The molecule has 0 heterocycles. The van der Waals surface area contributed by atoms with Gasteiger partial charge in [0.05, 0.1) is 6.61 Å². The fourth-order valence-corrected chi connectivity index (χ4v) is 2.11. The summed E-state index contributed by atoms with van der Waals surface area (Å²) >= 11 is 0. The van der Waals surface area contributed by atoms with E-state index in [9.17, 15) is 9.18 Å². The van der Waals surface area contributed by atoms with Crippen LogP contribution in [0.5, 0.6) is 5.75 Å². The maximum atomic E-state index is 12.8. The molecular weight excluding hydrogens is 281 g/mol. The predicted octanol–water partition coefficient (Wildman–Crippen LogP) is 3.47. The van der Waals surface area contributed by atoms with Crippen LogP contribution in [0.1, 0.15) is 24.5 Å². The molecule has 0 saturated carbocycles. The van der Waals surface area contributed by atoms with Crippen molar-refractivity contribution in [3.05, 3.63) is 65.5 Å². The van der Waals surface area contributed by atoms with Crippen LogP contribution in [0.25, 0.3) is 0 Å². The Bertz CT molecular complexity index is 611. The number of hydrogen-bond donors (Lipinski definition) is 1. The summed E-state index contributed by atoms with van der Waals surface area (Å²) in [6.07, 6.45) is 0.988. The summed E-state index contributed by atoms with van der Waals surface area (Å²) < 4.78 is 18.2. The van der Waals surface area contributed by atoms with Crippen LogP contribution in [0, 0.1) is 5.82 Å². The monoisotopic (exact) mass is 301 g/mol. The van der Waals surface area contributed by atoms with Crippen LogP contribution in [0.4, 0.5) is 4.39 Å². The molecule has 0 fully saturated rings. The normalized spacial score (nSPS) is 10.3. The number of amides is 1. The van der Waals surface area contributed by atoms with Gasteiger partial charge in [-0.3, -0.25) is 4.79 Å². The van der Waals surface area contributed by atoms with E-state index in [4.69, 9.17) is 4.74 Å². The Kier molecular flexibility index (Phi) is 5.95. The first-order chi connectivity index (χ1) is 10.7. The lowest BCUT2D eigenvalue weighted by Crippen LogP contribution is -2.23. The van der Waals surface area contributed by atoms with Gasteiger partial charge in [0.2, 0.25) is 5.91 Å². The van der Waals surface area contributed by atoms with Crippen molar-refractivity contribution in [3.8, 4) is 5.75 Å². The maximum absolute atomic E-state index is 12.8. The first kappa shape index (κ1) is 16.0. The number of nitrogens with one attached hydrogen (secondary N) is 1. The second-order valence-corrected chi connectivity index (χ2v) is 4.98. The summed E-state index contributed by atoms with van der Waals surface area (Å²) in [6, 6.07) is 13.9. The first-order valence-electron chi connectivity index (χ1n) is 7.40. The smallest absolute Gasteiger partial charge is 0.220 e. The average molecular weight is 301 g/mol. The molecule has 2 aromatic rings. The SMILES string of the molecule is CCOc1cccc(CNC(=O)CCc2ccc(F)cc2)c1. The lowest BCUT2D eigenvalue weighted by molar-refractivity contribution is -0.121. The fraction of sp³-hybridized carbons (Fsp3) is 0.278. The number of aryl methyl sites for hydroxylation is 1. The molecule has 0 atom stereocenters. The minimum absolute atomic E-state index is 0.0221. The molecule has 116 valence electrons. The Morgan fingerprint density at radius 3 is 2.64 bits per heavy atom. The third-order valence-electron chi connectivity index (χ3n) is 3.25. The third kappa shape index (κ3) is 5.20. The van der Waals surface area contributed by atoms with E-state index in [1.807, 2.05) is 31.2 Å². The molecule has 2 rings (SSSR count). The maximum Gasteiger partial charge on any atom is 0.220 e. The molecule has 1 amide bonds. The van der Waals surface area contributed by atoms with Crippen LogP contribution in [0.15, 0.2) is 48.5 Å². The van der Waals surface area contributed by atoms with Gasteiger partial charge in [0.25, 0.3) is 0 Å². The number of rotatable bonds is 7. The summed E-state index contributed by atoms with van der Waals surface area (Å²) in [6.45, 7) is 3.03. The van der Waals surface area contributed by atoms with E-state index >= 15 is 0 Å². The summed E-state index contributed by atoms with van der Waals surface area (Å²) in [5.41, 5.74) is 1.95. The Hall–Kier alpha value is -2.36. The molecule has 1 N–H and O–H groups in total. The minimum atomic E-state index is -0.262. The Balaban J connectivity index is 1.77. The van der Waals surface area contributed by atoms with Gasteiger partial charge in [-0.2, -0.15) is 0 Å². The summed E-state index contributed by atoms with van der Waals surface area (Å²) in [7, 11) is 0. The standard InChI is InChI=1S/C18H20FNO2/c1-2-22-17-5-3-4-15(12-17)13-20-18(21)11-8-14-6-9-16(19)10-7-14/h3-7,9-10,12H,2,8,11,13H2,1H3,(H,20,21). The van der Waals surface area contributed by atoms with E-state index < -0.39 is 0 Å². The van der Waals surface area contributed by atoms with Crippen LogP contribution in [-0.2, 0) is 17.8 Å². The van der Waals surface area contributed by atoms with Crippen molar-refractivity contribution in [1.29, 1.82) is 0 Å². The van der Waals surface area contributed by atoms with Crippen molar-refractivity contribution >= 4 is 5.91 Å². The first-order valence-corrected chi connectivity index (χ1v) is 7.40. The number of carbonyl (C=O) groups is 1. The Labute approximate surface area is 130 Å². The zero-order valence-electron chi connectivity index (χ0n) is 12.6. The van der Waals surface area contributed by atoms with Crippen LogP contribution in [0.3, 0.4) is 0 Å². The molecule has 0 unspecified atom stereocenters. The van der Waals surface area contributed by atoms with Crippen molar-refractivity contribution in [2.24, 2.45) is 0 Å². The summed E-state index contributed by atoms with van der Waals surface area (Å²) in [4.78, 5) is 11.9. The van der Waals surface area contributed by atoms with Gasteiger partial charge >= 0.3 is 0 Å². The average Bonchev–Trinajstić information content (AvgIpc) is 2.53. The number of carbonyl (C=O) groups excluding carboxylic acids is 1. The van der Waals surface area contributed by atoms with E-state index in [-0.39, 0.29) is 11.7 Å².